The highest BCUT2D eigenvalue weighted by Gasteiger charge is 2.23. The zero-order chi connectivity index (χ0) is 24.7. The summed E-state index contributed by atoms with van der Waals surface area (Å²) >= 11 is 0. The standard InChI is InChI=1S/C29H35N3O2/c1-6-18-31(28(34)24-14-16-25(17-15-24)29(2,3)4)22-27(33)32(20-23-11-8-7-9-12-23)21-26-13-10-19-30(26)5/h6-17,19H,1,18,20-22H2,2-5H3. The molecule has 0 atom stereocenters. The number of amides is 2. The first-order valence-corrected chi connectivity index (χ1v) is 11.6. The van der Waals surface area contributed by atoms with Gasteiger partial charge in [0.15, 0.2) is 0 Å². The lowest BCUT2D eigenvalue weighted by molar-refractivity contribution is -0.133. The van der Waals surface area contributed by atoms with E-state index in [-0.39, 0.29) is 23.8 Å². The van der Waals surface area contributed by atoms with Crippen molar-refractivity contribution >= 4 is 11.8 Å². The molecule has 0 aliphatic rings. The number of benzene rings is 2. The number of rotatable bonds is 9. The zero-order valence-corrected chi connectivity index (χ0v) is 20.7. The molecule has 0 fully saturated rings. The van der Waals surface area contributed by atoms with Gasteiger partial charge in [-0.3, -0.25) is 9.59 Å². The van der Waals surface area contributed by atoms with Gasteiger partial charge in [-0.25, -0.2) is 0 Å². The molecule has 5 nitrogen and oxygen atoms in total. The summed E-state index contributed by atoms with van der Waals surface area (Å²) in [5, 5.41) is 0. The van der Waals surface area contributed by atoms with E-state index in [1.54, 1.807) is 15.9 Å². The highest BCUT2D eigenvalue weighted by Crippen LogP contribution is 2.22. The van der Waals surface area contributed by atoms with Crippen LogP contribution in [0.25, 0.3) is 0 Å². The maximum absolute atomic E-state index is 13.5. The quantitative estimate of drug-likeness (QED) is 0.416. The van der Waals surface area contributed by atoms with Crippen LogP contribution >= 0.6 is 0 Å². The van der Waals surface area contributed by atoms with Gasteiger partial charge in [0.05, 0.1) is 6.54 Å². The van der Waals surface area contributed by atoms with E-state index in [1.165, 1.54) is 0 Å². The first kappa shape index (κ1) is 25.0. The van der Waals surface area contributed by atoms with Crippen LogP contribution < -0.4 is 0 Å². The highest BCUT2D eigenvalue weighted by atomic mass is 16.2. The van der Waals surface area contributed by atoms with Crippen LogP contribution in [0.15, 0.2) is 85.6 Å². The first-order valence-electron chi connectivity index (χ1n) is 11.6. The number of carbonyl (C=O) groups excluding carboxylic acids is 2. The normalized spacial score (nSPS) is 11.2. The number of hydrogen-bond donors (Lipinski definition) is 0. The van der Waals surface area contributed by atoms with Gasteiger partial charge >= 0.3 is 0 Å². The molecule has 0 radical (unpaired) electrons. The zero-order valence-electron chi connectivity index (χ0n) is 20.7. The lowest BCUT2D eigenvalue weighted by atomic mass is 9.86. The van der Waals surface area contributed by atoms with E-state index in [0.29, 0.717) is 25.2 Å². The Labute approximate surface area is 203 Å². The molecular formula is C29H35N3O2. The molecular weight excluding hydrogens is 422 g/mol. The van der Waals surface area contributed by atoms with Crippen LogP contribution in [-0.4, -0.2) is 39.3 Å². The Morgan fingerprint density at radius 3 is 2.15 bits per heavy atom. The van der Waals surface area contributed by atoms with E-state index in [2.05, 4.69) is 27.4 Å². The molecule has 0 N–H and O–H groups in total. The van der Waals surface area contributed by atoms with Crippen LogP contribution in [0.5, 0.6) is 0 Å². The van der Waals surface area contributed by atoms with Gasteiger partial charge < -0.3 is 14.4 Å². The van der Waals surface area contributed by atoms with Gasteiger partial charge in [0.1, 0.15) is 6.54 Å². The minimum atomic E-state index is -0.174. The van der Waals surface area contributed by atoms with Crippen molar-refractivity contribution in [2.45, 2.75) is 39.3 Å². The van der Waals surface area contributed by atoms with Gasteiger partial charge in [-0.1, -0.05) is 69.3 Å². The smallest absolute Gasteiger partial charge is 0.254 e. The Hall–Kier alpha value is -3.60. The number of aromatic nitrogens is 1. The van der Waals surface area contributed by atoms with E-state index in [1.807, 2.05) is 84.5 Å². The second-order valence-electron chi connectivity index (χ2n) is 9.65. The van der Waals surface area contributed by atoms with Crippen molar-refractivity contribution in [3.8, 4) is 0 Å². The maximum atomic E-state index is 13.5. The highest BCUT2D eigenvalue weighted by molar-refractivity contribution is 5.96. The van der Waals surface area contributed by atoms with E-state index < -0.39 is 0 Å². The summed E-state index contributed by atoms with van der Waals surface area (Å²) in [6.07, 6.45) is 3.63. The lowest BCUT2D eigenvalue weighted by Crippen LogP contribution is -2.42. The van der Waals surface area contributed by atoms with E-state index in [4.69, 9.17) is 0 Å². The van der Waals surface area contributed by atoms with E-state index >= 15 is 0 Å². The van der Waals surface area contributed by atoms with Crippen LogP contribution in [0, 0.1) is 0 Å². The molecule has 5 heteroatoms. The van der Waals surface area contributed by atoms with Gasteiger partial charge in [-0.2, -0.15) is 0 Å². The van der Waals surface area contributed by atoms with Crippen molar-refractivity contribution in [3.05, 3.63) is 108 Å². The molecule has 2 aromatic carbocycles. The van der Waals surface area contributed by atoms with Gasteiger partial charge in [0.2, 0.25) is 5.91 Å². The predicted molar refractivity (Wildman–Crippen MR) is 137 cm³/mol. The molecule has 2 amide bonds. The van der Waals surface area contributed by atoms with Crippen LogP contribution in [0.2, 0.25) is 0 Å². The molecule has 0 unspecified atom stereocenters. The summed E-state index contributed by atoms with van der Waals surface area (Å²) in [5.41, 5.74) is 3.81. The van der Waals surface area contributed by atoms with Crippen molar-refractivity contribution in [2.24, 2.45) is 7.05 Å². The summed E-state index contributed by atoms with van der Waals surface area (Å²) in [4.78, 5) is 30.1. The molecule has 1 heterocycles. The van der Waals surface area contributed by atoms with Crippen LogP contribution in [-0.2, 0) is 30.3 Å². The largest absolute Gasteiger partial charge is 0.353 e. The molecule has 0 spiro atoms. The lowest BCUT2D eigenvalue weighted by Gasteiger charge is -2.28. The van der Waals surface area contributed by atoms with E-state index in [0.717, 1.165) is 16.8 Å². The van der Waals surface area contributed by atoms with Gasteiger partial charge in [0.25, 0.3) is 5.91 Å². The molecule has 0 aliphatic heterocycles. The summed E-state index contributed by atoms with van der Waals surface area (Å²) in [6, 6.07) is 21.5. The van der Waals surface area contributed by atoms with Crippen LogP contribution in [0.4, 0.5) is 0 Å². The van der Waals surface area contributed by atoms with Gasteiger partial charge in [-0.05, 0) is 40.8 Å². The fourth-order valence-electron chi connectivity index (χ4n) is 3.83. The Morgan fingerprint density at radius 1 is 0.912 bits per heavy atom. The van der Waals surface area contributed by atoms with Crippen molar-refractivity contribution in [2.75, 3.05) is 13.1 Å². The second kappa shape index (κ2) is 11.0. The van der Waals surface area contributed by atoms with Gasteiger partial charge in [-0.15, -0.1) is 6.58 Å². The van der Waals surface area contributed by atoms with Crippen LogP contribution in [0.1, 0.15) is 48.0 Å². The summed E-state index contributed by atoms with van der Waals surface area (Å²) in [7, 11) is 1.97. The van der Waals surface area contributed by atoms with Gasteiger partial charge in [0, 0.05) is 37.6 Å². The fraction of sp³-hybridized carbons (Fsp3) is 0.310. The number of carbonyl (C=O) groups is 2. The Kier molecular flexibility index (Phi) is 8.11. The van der Waals surface area contributed by atoms with Crippen LogP contribution in [0.3, 0.4) is 0 Å². The average Bonchev–Trinajstić information content (AvgIpc) is 3.22. The summed E-state index contributed by atoms with van der Waals surface area (Å²) in [5.74, 6) is -0.279. The molecule has 0 aliphatic carbocycles. The minimum Gasteiger partial charge on any atom is -0.353 e. The first-order chi connectivity index (χ1) is 16.2. The van der Waals surface area contributed by atoms with Crippen molar-refractivity contribution in [1.29, 1.82) is 0 Å². The third-order valence-electron chi connectivity index (χ3n) is 5.93. The summed E-state index contributed by atoms with van der Waals surface area (Å²) in [6.45, 7) is 11.4. The Bertz CT molecular complexity index is 1110. The number of nitrogens with zero attached hydrogens (tertiary/aromatic N) is 3. The third-order valence-corrected chi connectivity index (χ3v) is 5.93. The Balaban J connectivity index is 1.80. The molecule has 178 valence electrons. The fourth-order valence-corrected chi connectivity index (χ4v) is 3.83. The molecule has 1 aromatic heterocycles. The summed E-state index contributed by atoms with van der Waals surface area (Å²) < 4.78 is 2.01. The molecule has 0 bridgehead atoms. The van der Waals surface area contributed by atoms with Crippen molar-refractivity contribution in [3.63, 3.8) is 0 Å². The SMILES string of the molecule is C=CCN(CC(=O)N(Cc1ccccc1)Cc1cccn1C)C(=O)c1ccc(C(C)(C)C)cc1. The minimum absolute atomic E-state index is 0.00717. The Morgan fingerprint density at radius 2 is 1.59 bits per heavy atom. The monoisotopic (exact) mass is 457 g/mol. The van der Waals surface area contributed by atoms with E-state index in [9.17, 15) is 9.59 Å². The molecule has 0 saturated carbocycles. The second-order valence-corrected chi connectivity index (χ2v) is 9.65. The van der Waals surface area contributed by atoms with Crippen molar-refractivity contribution < 1.29 is 9.59 Å². The maximum Gasteiger partial charge on any atom is 0.254 e. The predicted octanol–water partition coefficient (Wildman–Crippen LogP) is 5.18. The average molecular weight is 458 g/mol. The molecule has 3 aromatic rings. The number of hydrogen-bond acceptors (Lipinski definition) is 2. The molecule has 3 rings (SSSR count). The molecule has 34 heavy (non-hydrogen) atoms. The number of aryl methyl sites for hydroxylation is 1. The molecule has 0 saturated heterocycles. The third kappa shape index (κ3) is 6.47. The topological polar surface area (TPSA) is 45.6 Å². The van der Waals surface area contributed by atoms with Crippen molar-refractivity contribution in [1.82, 2.24) is 14.4 Å².